The van der Waals surface area contributed by atoms with E-state index in [-0.39, 0.29) is 28.4 Å². The fraction of sp³-hybridized carbons (Fsp3) is 0.259. The van der Waals surface area contributed by atoms with Crippen molar-refractivity contribution in [3.63, 3.8) is 0 Å². The van der Waals surface area contributed by atoms with Gasteiger partial charge in [-0.05, 0) is 52.6 Å². The zero-order valence-electron chi connectivity index (χ0n) is 21.2. The lowest BCUT2D eigenvalue weighted by molar-refractivity contribution is -0.122. The van der Waals surface area contributed by atoms with E-state index in [0.717, 1.165) is 22.4 Å². The van der Waals surface area contributed by atoms with Gasteiger partial charge in [-0.1, -0.05) is 49.7 Å². The summed E-state index contributed by atoms with van der Waals surface area (Å²) < 4.78 is 0. The van der Waals surface area contributed by atoms with Crippen LogP contribution in [-0.4, -0.2) is 57.6 Å². The highest BCUT2D eigenvalue weighted by atomic mass is 35.5. The molecule has 0 aliphatic carbocycles. The van der Waals surface area contributed by atoms with E-state index in [0.29, 0.717) is 24.6 Å². The summed E-state index contributed by atoms with van der Waals surface area (Å²) in [6.45, 7) is 5.15. The van der Waals surface area contributed by atoms with Crippen LogP contribution in [-0.2, 0) is 10.2 Å². The molecule has 11 heteroatoms. The molecule has 2 amide bonds. The van der Waals surface area contributed by atoms with Gasteiger partial charge in [0, 0.05) is 31.4 Å². The molecular weight excluding hydrogens is 504 g/mol. The molecule has 0 spiro atoms. The van der Waals surface area contributed by atoms with Crippen molar-refractivity contribution >= 4 is 34.8 Å². The quantitative estimate of drug-likeness (QED) is 0.310. The number of amides is 2. The number of pyridine rings is 1. The van der Waals surface area contributed by atoms with Gasteiger partial charge in [-0.15, -0.1) is 10.2 Å². The van der Waals surface area contributed by atoms with Crippen molar-refractivity contribution in [3.05, 3.63) is 82.6 Å². The molecule has 3 N–H and O–H groups in total. The number of H-pyrrole nitrogens is 1. The van der Waals surface area contributed by atoms with Gasteiger partial charge >= 0.3 is 0 Å². The first-order valence-electron chi connectivity index (χ1n) is 12.2. The molecule has 2 aromatic carbocycles. The molecule has 1 fully saturated rings. The van der Waals surface area contributed by atoms with Gasteiger partial charge in [0.2, 0.25) is 11.7 Å². The van der Waals surface area contributed by atoms with E-state index in [9.17, 15) is 9.59 Å². The zero-order chi connectivity index (χ0) is 26.9. The highest BCUT2D eigenvalue weighted by molar-refractivity contribution is 6.30. The first kappa shape index (κ1) is 25.3. The number of carbonyl (C=O) groups is 2. The fourth-order valence-corrected chi connectivity index (χ4v) is 5.02. The number of tetrazole rings is 1. The van der Waals surface area contributed by atoms with Crippen LogP contribution < -0.4 is 15.5 Å². The van der Waals surface area contributed by atoms with E-state index in [4.69, 9.17) is 11.6 Å². The van der Waals surface area contributed by atoms with E-state index >= 15 is 0 Å². The van der Waals surface area contributed by atoms with Gasteiger partial charge in [-0.25, -0.2) is 4.98 Å². The Kier molecular flexibility index (Phi) is 6.81. The normalized spacial score (nSPS) is 14.2. The lowest BCUT2D eigenvalue weighted by Gasteiger charge is -2.51. The molecular formula is C27H27ClN8O2. The zero-order valence-corrected chi connectivity index (χ0v) is 22.0. The second-order valence-electron chi connectivity index (χ2n) is 9.55. The average Bonchev–Trinajstić information content (AvgIpc) is 3.44. The van der Waals surface area contributed by atoms with Gasteiger partial charge in [-0.3, -0.25) is 9.59 Å². The Morgan fingerprint density at radius 1 is 1.11 bits per heavy atom. The van der Waals surface area contributed by atoms with Crippen LogP contribution in [0.4, 0.5) is 11.4 Å². The van der Waals surface area contributed by atoms with Gasteiger partial charge in [0.1, 0.15) is 10.6 Å². The number of anilines is 2. The summed E-state index contributed by atoms with van der Waals surface area (Å²) in [6.07, 6.45) is 1.42. The summed E-state index contributed by atoms with van der Waals surface area (Å²) in [6, 6.07) is 17.3. The Morgan fingerprint density at radius 2 is 1.84 bits per heavy atom. The van der Waals surface area contributed by atoms with Crippen molar-refractivity contribution < 1.29 is 9.59 Å². The molecule has 1 saturated heterocycles. The molecule has 3 heterocycles. The minimum atomic E-state index is -0.840. The average molecular weight is 531 g/mol. The molecule has 0 atom stereocenters. The Morgan fingerprint density at radius 3 is 2.50 bits per heavy atom. The summed E-state index contributed by atoms with van der Waals surface area (Å²) in [5.74, 6) is 0.165. The fourth-order valence-electron chi connectivity index (χ4n) is 4.86. The number of nitrogens with zero attached hydrogens (tertiary/aromatic N) is 5. The summed E-state index contributed by atoms with van der Waals surface area (Å²) in [7, 11) is 1.52. The second-order valence-corrected chi connectivity index (χ2v) is 9.94. The highest BCUT2D eigenvalue weighted by Crippen LogP contribution is 2.42. The number of benzene rings is 2. The lowest BCUT2D eigenvalue weighted by Crippen LogP contribution is -2.65. The summed E-state index contributed by atoms with van der Waals surface area (Å²) in [5, 5.41) is 19.9. The maximum atomic E-state index is 14.1. The molecule has 1 aliphatic heterocycles. The third-order valence-corrected chi connectivity index (χ3v) is 7.09. The summed E-state index contributed by atoms with van der Waals surface area (Å²) in [4.78, 5) is 32.8. The number of hydrogen-bond donors (Lipinski definition) is 3. The molecule has 0 saturated carbocycles. The molecule has 4 aromatic rings. The smallest absolute Gasteiger partial charge is 0.253 e. The van der Waals surface area contributed by atoms with E-state index < -0.39 is 5.41 Å². The Balaban J connectivity index is 1.48. The van der Waals surface area contributed by atoms with Crippen LogP contribution in [0.1, 0.15) is 41.3 Å². The monoisotopic (exact) mass is 530 g/mol. The van der Waals surface area contributed by atoms with Crippen molar-refractivity contribution in [1.82, 2.24) is 30.9 Å². The van der Waals surface area contributed by atoms with E-state index in [1.54, 1.807) is 0 Å². The number of rotatable bonds is 7. The Bertz CT molecular complexity index is 1460. The van der Waals surface area contributed by atoms with Crippen molar-refractivity contribution in [2.45, 2.75) is 25.2 Å². The van der Waals surface area contributed by atoms with Crippen LogP contribution in [0.3, 0.4) is 0 Å². The number of hydrogen-bond acceptors (Lipinski definition) is 7. The molecule has 1 aliphatic rings. The molecule has 5 rings (SSSR count). The van der Waals surface area contributed by atoms with E-state index in [2.05, 4.69) is 61.1 Å². The number of nitrogens with one attached hydrogen (secondary N) is 3. The molecule has 0 unspecified atom stereocenters. The second kappa shape index (κ2) is 10.2. The maximum absolute atomic E-state index is 14.1. The SMILES string of the molecule is CNC(=O)c1cc(Cl)ncc1NC(=O)C1(c2ccccc2C(C)C)CN(c2ccc(-c3nn[nH]n3)cc2)C1. The predicted molar refractivity (Wildman–Crippen MR) is 145 cm³/mol. The molecule has 2 aromatic heterocycles. The summed E-state index contributed by atoms with van der Waals surface area (Å²) >= 11 is 6.04. The van der Waals surface area contributed by atoms with E-state index in [1.807, 2.05) is 42.5 Å². The first-order valence-corrected chi connectivity index (χ1v) is 12.6. The van der Waals surface area contributed by atoms with Crippen LogP contribution >= 0.6 is 11.6 Å². The van der Waals surface area contributed by atoms with Crippen molar-refractivity contribution in [2.24, 2.45) is 0 Å². The van der Waals surface area contributed by atoms with Crippen molar-refractivity contribution in [1.29, 1.82) is 0 Å². The first-order chi connectivity index (χ1) is 18.3. The lowest BCUT2D eigenvalue weighted by atomic mass is 9.69. The standard InChI is InChI=1S/C27H27ClN8O2/c1-16(2)19-6-4-5-7-21(19)27(26(38)31-22-13-30-23(28)12-20(22)25(37)29-3)14-36(15-27)18-10-8-17(9-11-18)24-32-34-35-33-24/h4-13,16H,14-15H2,1-3H3,(H,29,37)(H,31,38)(H,32,33,34,35). The minimum absolute atomic E-state index is 0.167. The third-order valence-electron chi connectivity index (χ3n) is 6.88. The van der Waals surface area contributed by atoms with Crippen LogP contribution in [0.15, 0.2) is 60.8 Å². The number of halogens is 1. The van der Waals surface area contributed by atoms with Crippen LogP contribution in [0, 0.1) is 0 Å². The van der Waals surface area contributed by atoms with Gasteiger partial charge in [-0.2, -0.15) is 5.21 Å². The number of carbonyl (C=O) groups excluding carboxylic acids is 2. The van der Waals surface area contributed by atoms with Gasteiger partial charge < -0.3 is 15.5 Å². The molecule has 38 heavy (non-hydrogen) atoms. The Hall–Kier alpha value is -4.31. The topological polar surface area (TPSA) is 129 Å². The summed E-state index contributed by atoms with van der Waals surface area (Å²) in [5.41, 5.74) is 3.61. The van der Waals surface area contributed by atoms with Crippen LogP contribution in [0.2, 0.25) is 5.15 Å². The Labute approximate surface area is 224 Å². The van der Waals surface area contributed by atoms with Crippen LogP contribution in [0.25, 0.3) is 11.4 Å². The van der Waals surface area contributed by atoms with Gasteiger partial charge in [0.05, 0.1) is 17.4 Å². The number of aromatic nitrogens is 5. The predicted octanol–water partition coefficient (Wildman–Crippen LogP) is 3.79. The third kappa shape index (κ3) is 4.58. The highest BCUT2D eigenvalue weighted by Gasteiger charge is 2.52. The maximum Gasteiger partial charge on any atom is 0.253 e. The van der Waals surface area contributed by atoms with Crippen molar-refractivity contribution in [3.8, 4) is 11.4 Å². The molecule has 0 bridgehead atoms. The molecule has 0 radical (unpaired) electrons. The minimum Gasteiger partial charge on any atom is -0.369 e. The van der Waals surface area contributed by atoms with Crippen molar-refractivity contribution in [2.75, 3.05) is 30.4 Å². The largest absolute Gasteiger partial charge is 0.369 e. The van der Waals surface area contributed by atoms with Gasteiger partial charge in [0.15, 0.2) is 0 Å². The molecule has 10 nitrogen and oxygen atoms in total. The van der Waals surface area contributed by atoms with Gasteiger partial charge in [0.25, 0.3) is 5.91 Å². The number of aromatic amines is 1. The van der Waals surface area contributed by atoms with E-state index in [1.165, 1.54) is 19.3 Å². The van der Waals surface area contributed by atoms with Crippen LogP contribution in [0.5, 0.6) is 0 Å². The molecule has 194 valence electrons.